The number of hydrazine groups is 1. The number of methoxy groups -OCH3 is 1. The van der Waals surface area contributed by atoms with E-state index in [0.29, 0.717) is 11.7 Å². The Hall–Kier alpha value is -2.87. The number of esters is 1. The average Bonchev–Trinajstić information content (AvgIpc) is 2.70. The van der Waals surface area contributed by atoms with Crippen LogP contribution in [0.2, 0.25) is 0 Å². The van der Waals surface area contributed by atoms with Crippen molar-refractivity contribution in [2.75, 3.05) is 13.7 Å². The molecule has 2 aromatic carbocycles. The Kier molecular flexibility index (Phi) is 7.57. The maximum Gasteiger partial charge on any atom is 0.337 e. The van der Waals surface area contributed by atoms with E-state index in [1.165, 1.54) is 25.3 Å². The predicted molar refractivity (Wildman–Crippen MR) is 107 cm³/mol. The van der Waals surface area contributed by atoms with Crippen molar-refractivity contribution in [1.82, 2.24) is 10.9 Å². The lowest BCUT2D eigenvalue weighted by Crippen LogP contribution is -2.43. The van der Waals surface area contributed by atoms with Crippen molar-refractivity contribution < 1.29 is 23.9 Å². The van der Waals surface area contributed by atoms with Gasteiger partial charge in [0.25, 0.3) is 11.8 Å². The molecule has 0 bridgehead atoms. The Morgan fingerprint density at radius 2 is 1.75 bits per heavy atom. The van der Waals surface area contributed by atoms with Crippen LogP contribution in [-0.4, -0.2) is 31.5 Å². The summed E-state index contributed by atoms with van der Waals surface area (Å²) < 4.78 is 10.8. The number of halogens is 1. The Bertz CT molecular complexity index is 883. The molecule has 0 aliphatic carbocycles. The number of benzene rings is 2. The van der Waals surface area contributed by atoms with Crippen LogP contribution in [0.3, 0.4) is 0 Å². The molecular formula is C20H21BrN2O5. The van der Waals surface area contributed by atoms with E-state index < -0.39 is 17.8 Å². The average molecular weight is 449 g/mol. The zero-order chi connectivity index (χ0) is 20.7. The number of hydrogen-bond donors (Lipinski definition) is 2. The van der Waals surface area contributed by atoms with Gasteiger partial charge in [-0.3, -0.25) is 20.4 Å². The lowest BCUT2D eigenvalue weighted by atomic mass is 10.0. The lowest BCUT2D eigenvalue weighted by molar-refractivity contribution is -0.123. The molecule has 0 radical (unpaired) electrons. The first-order valence-electron chi connectivity index (χ1n) is 8.51. The molecule has 0 saturated carbocycles. The quantitative estimate of drug-likeness (QED) is 0.522. The zero-order valence-corrected chi connectivity index (χ0v) is 17.3. The van der Waals surface area contributed by atoms with Gasteiger partial charge in [0.2, 0.25) is 0 Å². The van der Waals surface area contributed by atoms with Gasteiger partial charge in [0.15, 0.2) is 6.61 Å². The highest BCUT2D eigenvalue weighted by Gasteiger charge is 2.12. The molecule has 0 heterocycles. The Balaban J connectivity index is 1.87. The fraction of sp³-hybridized carbons (Fsp3) is 0.250. The van der Waals surface area contributed by atoms with E-state index in [0.717, 1.165) is 10.0 Å². The van der Waals surface area contributed by atoms with Gasteiger partial charge in [0.1, 0.15) is 5.75 Å². The largest absolute Gasteiger partial charge is 0.483 e. The standard InChI is InChI=1S/C20H21BrN2O5/c1-12(2)13-7-8-17(16(21)10-13)28-11-18(24)22-23-19(25)14-5-4-6-15(9-14)20(26)27-3/h4-10,12H,11H2,1-3H3,(H,22,24)(H,23,25). The summed E-state index contributed by atoms with van der Waals surface area (Å²) in [4.78, 5) is 35.6. The molecule has 8 heteroatoms. The molecule has 0 unspecified atom stereocenters. The number of amides is 2. The SMILES string of the molecule is COC(=O)c1cccc(C(=O)NNC(=O)COc2ccc(C(C)C)cc2Br)c1. The molecular weight excluding hydrogens is 428 g/mol. The highest BCUT2D eigenvalue weighted by molar-refractivity contribution is 9.10. The fourth-order valence-corrected chi connectivity index (χ4v) is 2.79. The van der Waals surface area contributed by atoms with Gasteiger partial charge in [-0.2, -0.15) is 0 Å². The van der Waals surface area contributed by atoms with Gasteiger partial charge in [-0.05, 0) is 57.7 Å². The normalized spacial score (nSPS) is 10.3. The maximum absolute atomic E-state index is 12.1. The molecule has 7 nitrogen and oxygen atoms in total. The van der Waals surface area contributed by atoms with Crippen LogP contribution < -0.4 is 15.6 Å². The van der Waals surface area contributed by atoms with Gasteiger partial charge in [-0.25, -0.2) is 4.79 Å². The fourth-order valence-electron chi connectivity index (χ4n) is 2.28. The van der Waals surface area contributed by atoms with Gasteiger partial charge in [-0.15, -0.1) is 0 Å². The minimum atomic E-state index is -0.568. The van der Waals surface area contributed by atoms with Crippen LogP contribution in [0.4, 0.5) is 0 Å². The summed E-state index contributed by atoms with van der Waals surface area (Å²) in [5.41, 5.74) is 6.13. The van der Waals surface area contributed by atoms with Gasteiger partial charge in [-0.1, -0.05) is 26.0 Å². The van der Waals surface area contributed by atoms with Crippen molar-refractivity contribution in [3.63, 3.8) is 0 Å². The minimum Gasteiger partial charge on any atom is -0.483 e. The van der Waals surface area contributed by atoms with Crippen LogP contribution in [0.15, 0.2) is 46.9 Å². The van der Waals surface area contributed by atoms with E-state index >= 15 is 0 Å². The van der Waals surface area contributed by atoms with Crippen LogP contribution in [0.5, 0.6) is 5.75 Å². The highest BCUT2D eigenvalue weighted by Crippen LogP contribution is 2.28. The summed E-state index contributed by atoms with van der Waals surface area (Å²) in [5.74, 6) is -0.752. The maximum atomic E-state index is 12.1. The molecule has 0 fully saturated rings. The molecule has 2 amide bonds. The van der Waals surface area contributed by atoms with Crippen molar-refractivity contribution in [3.05, 3.63) is 63.6 Å². The molecule has 148 valence electrons. The third-order valence-corrected chi connectivity index (χ3v) is 4.46. The molecule has 0 saturated heterocycles. The first kappa shape index (κ1) is 21.4. The van der Waals surface area contributed by atoms with E-state index in [9.17, 15) is 14.4 Å². The van der Waals surface area contributed by atoms with Crippen LogP contribution in [0.1, 0.15) is 46.0 Å². The number of carbonyl (C=O) groups excluding carboxylic acids is 3. The summed E-state index contributed by atoms with van der Waals surface area (Å²) >= 11 is 3.42. The number of carbonyl (C=O) groups is 3. The van der Waals surface area contributed by atoms with Crippen molar-refractivity contribution in [2.24, 2.45) is 0 Å². The molecule has 0 aliphatic rings. The second-order valence-electron chi connectivity index (χ2n) is 6.21. The molecule has 0 atom stereocenters. The second-order valence-corrected chi connectivity index (χ2v) is 7.06. The van der Waals surface area contributed by atoms with Crippen molar-refractivity contribution >= 4 is 33.7 Å². The van der Waals surface area contributed by atoms with Gasteiger partial charge in [0, 0.05) is 5.56 Å². The zero-order valence-electron chi connectivity index (χ0n) is 15.7. The summed E-state index contributed by atoms with van der Waals surface area (Å²) in [6.45, 7) is 3.89. The van der Waals surface area contributed by atoms with Gasteiger partial charge >= 0.3 is 5.97 Å². The summed E-state index contributed by atoms with van der Waals surface area (Å²) in [5, 5.41) is 0. The van der Waals surface area contributed by atoms with E-state index in [-0.39, 0.29) is 17.7 Å². The van der Waals surface area contributed by atoms with E-state index in [1.54, 1.807) is 12.1 Å². The lowest BCUT2D eigenvalue weighted by Gasteiger charge is -2.12. The van der Waals surface area contributed by atoms with Crippen LogP contribution in [0.25, 0.3) is 0 Å². The molecule has 2 rings (SSSR count). The summed E-state index contributed by atoms with van der Waals surface area (Å²) in [6, 6.07) is 11.6. The van der Waals surface area contributed by atoms with E-state index in [1.807, 2.05) is 12.1 Å². The third-order valence-electron chi connectivity index (χ3n) is 3.84. The molecule has 0 spiro atoms. The molecule has 0 aliphatic heterocycles. The molecule has 2 aromatic rings. The molecule has 0 aromatic heterocycles. The minimum absolute atomic E-state index is 0.205. The first-order chi connectivity index (χ1) is 13.3. The number of nitrogens with one attached hydrogen (secondary N) is 2. The third kappa shape index (κ3) is 5.82. The predicted octanol–water partition coefficient (Wildman–Crippen LogP) is 3.20. The van der Waals surface area contributed by atoms with Crippen LogP contribution >= 0.6 is 15.9 Å². The smallest absolute Gasteiger partial charge is 0.337 e. The summed E-state index contributed by atoms with van der Waals surface area (Å²) in [7, 11) is 1.25. The monoisotopic (exact) mass is 448 g/mol. The topological polar surface area (TPSA) is 93.7 Å². The Morgan fingerprint density at radius 3 is 2.39 bits per heavy atom. The molecule has 2 N–H and O–H groups in total. The van der Waals surface area contributed by atoms with E-state index in [2.05, 4.69) is 45.4 Å². The molecule has 28 heavy (non-hydrogen) atoms. The summed E-state index contributed by atoms with van der Waals surface area (Å²) in [6.07, 6.45) is 0. The number of rotatable bonds is 6. The van der Waals surface area contributed by atoms with Crippen molar-refractivity contribution in [3.8, 4) is 5.75 Å². The highest BCUT2D eigenvalue weighted by atomic mass is 79.9. The Labute approximate surface area is 171 Å². The van der Waals surface area contributed by atoms with Gasteiger partial charge in [0.05, 0.1) is 17.1 Å². The first-order valence-corrected chi connectivity index (χ1v) is 9.31. The van der Waals surface area contributed by atoms with Crippen molar-refractivity contribution in [1.29, 1.82) is 0 Å². The Morgan fingerprint density at radius 1 is 1.04 bits per heavy atom. The number of ether oxygens (including phenoxy) is 2. The van der Waals surface area contributed by atoms with Crippen LogP contribution in [-0.2, 0) is 9.53 Å². The van der Waals surface area contributed by atoms with E-state index in [4.69, 9.17) is 4.74 Å². The van der Waals surface area contributed by atoms with Crippen LogP contribution in [0, 0.1) is 0 Å². The second kappa shape index (κ2) is 9.89. The van der Waals surface area contributed by atoms with Gasteiger partial charge < -0.3 is 9.47 Å². The number of hydrogen-bond acceptors (Lipinski definition) is 5. The van der Waals surface area contributed by atoms with Crippen molar-refractivity contribution in [2.45, 2.75) is 19.8 Å².